The molecule has 1 aliphatic heterocycles. The first-order valence-corrected chi connectivity index (χ1v) is 7.32. The van der Waals surface area contributed by atoms with Crippen LogP contribution in [0.1, 0.15) is 33.4 Å². The highest BCUT2D eigenvalue weighted by Crippen LogP contribution is 2.26. The second-order valence-corrected chi connectivity index (χ2v) is 6.88. The maximum Gasteiger partial charge on any atom is 0.0492 e. The SMILES string of the molecule is CC1CN(CCc2ccnn2C)C(C(C)(C)C)CN1. The van der Waals surface area contributed by atoms with Gasteiger partial charge >= 0.3 is 0 Å². The van der Waals surface area contributed by atoms with Gasteiger partial charge in [-0.05, 0) is 18.4 Å². The molecule has 1 fully saturated rings. The highest BCUT2D eigenvalue weighted by Gasteiger charge is 2.33. The van der Waals surface area contributed by atoms with Gasteiger partial charge in [0, 0.05) is 57.1 Å². The van der Waals surface area contributed by atoms with Gasteiger partial charge in [-0.2, -0.15) is 5.10 Å². The molecule has 0 aromatic carbocycles. The number of hydrogen-bond donors (Lipinski definition) is 1. The summed E-state index contributed by atoms with van der Waals surface area (Å²) in [6.45, 7) is 12.6. The molecule has 2 rings (SSSR count). The van der Waals surface area contributed by atoms with E-state index in [0.717, 1.165) is 26.1 Å². The van der Waals surface area contributed by atoms with Crippen LogP contribution in [0.4, 0.5) is 0 Å². The molecular formula is C15H28N4. The molecule has 108 valence electrons. The first-order chi connectivity index (χ1) is 8.88. The van der Waals surface area contributed by atoms with E-state index in [1.54, 1.807) is 0 Å². The Morgan fingerprint density at radius 3 is 2.74 bits per heavy atom. The van der Waals surface area contributed by atoms with Crippen molar-refractivity contribution in [1.82, 2.24) is 20.0 Å². The molecule has 4 heteroatoms. The Morgan fingerprint density at radius 1 is 1.42 bits per heavy atom. The average Bonchev–Trinajstić information content (AvgIpc) is 2.70. The number of hydrogen-bond acceptors (Lipinski definition) is 3. The third kappa shape index (κ3) is 3.57. The summed E-state index contributed by atoms with van der Waals surface area (Å²) in [5, 5.41) is 7.86. The number of rotatable bonds is 3. The van der Waals surface area contributed by atoms with Crippen LogP contribution >= 0.6 is 0 Å². The van der Waals surface area contributed by atoms with E-state index in [1.165, 1.54) is 5.69 Å². The smallest absolute Gasteiger partial charge is 0.0492 e. The van der Waals surface area contributed by atoms with Crippen LogP contribution in [0.15, 0.2) is 12.3 Å². The largest absolute Gasteiger partial charge is 0.311 e. The van der Waals surface area contributed by atoms with Gasteiger partial charge in [0.2, 0.25) is 0 Å². The summed E-state index contributed by atoms with van der Waals surface area (Å²) in [6.07, 6.45) is 2.97. The Hall–Kier alpha value is -0.870. The van der Waals surface area contributed by atoms with Crippen molar-refractivity contribution in [3.8, 4) is 0 Å². The van der Waals surface area contributed by atoms with E-state index in [1.807, 2.05) is 17.9 Å². The molecule has 0 spiro atoms. The van der Waals surface area contributed by atoms with Crippen molar-refractivity contribution in [2.45, 2.75) is 46.2 Å². The Morgan fingerprint density at radius 2 is 2.16 bits per heavy atom. The standard InChI is InChI=1S/C15H28N4/c1-12-11-19(14(10-16-12)15(2,3)4)9-7-13-6-8-17-18(13)5/h6,8,12,14,16H,7,9-11H2,1-5H3. The Labute approximate surface area is 117 Å². The van der Waals surface area contributed by atoms with Crippen molar-refractivity contribution in [2.24, 2.45) is 12.5 Å². The van der Waals surface area contributed by atoms with Crippen molar-refractivity contribution < 1.29 is 0 Å². The normalized spacial score (nSPS) is 25.7. The first kappa shape index (κ1) is 14.5. The molecule has 0 aliphatic carbocycles. The predicted octanol–water partition coefficient (Wildman–Crippen LogP) is 1.67. The van der Waals surface area contributed by atoms with Gasteiger partial charge in [-0.1, -0.05) is 20.8 Å². The third-order valence-electron chi connectivity index (χ3n) is 4.19. The number of nitrogens with zero attached hydrogens (tertiary/aromatic N) is 3. The molecule has 2 unspecified atom stereocenters. The van der Waals surface area contributed by atoms with Gasteiger partial charge in [0.05, 0.1) is 0 Å². The number of aromatic nitrogens is 2. The van der Waals surface area contributed by atoms with Crippen molar-refractivity contribution in [1.29, 1.82) is 0 Å². The van der Waals surface area contributed by atoms with Crippen LogP contribution in [-0.4, -0.2) is 46.4 Å². The lowest BCUT2D eigenvalue weighted by molar-refractivity contribution is 0.0597. The minimum atomic E-state index is 0.319. The average molecular weight is 264 g/mol. The molecule has 0 amide bonds. The van der Waals surface area contributed by atoms with Crippen molar-refractivity contribution in [3.63, 3.8) is 0 Å². The van der Waals surface area contributed by atoms with Crippen LogP contribution in [0.2, 0.25) is 0 Å². The topological polar surface area (TPSA) is 33.1 Å². The summed E-state index contributed by atoms with van der Waals surface area (Å²) in [7, 11) is 2.02. The first-order valence-electron chi connectivity index (χ1n) is 7.32. The minimum absolute atomic E-state index is 0.319. The molecular weight excluding hydrogens is 236 g/mol. The Balaban J connectivity index is 2.00. The van der Waals surface area contributed by atoms with Gasteiger partial charge in [0.25, 0.3) is 0 Å². The van der Waals surface area contributed by atoms with Gasteiger partial charge in [0.1, 0.15) is 0 Å². The summed E-state index contributed by atoms with van der Waals surface area (Å²) in [5.74, 6) is 0. The van der Waals surface area contributed by atoms with Crippen LogP contribution in [0.3, 0.4) is 0 Å². The molecule has 2 heterocycles. The highest BCUT2D eigenvalue weighted by atomic mass is 15.3. The van der Waals surface area contributed by atoms with Crippen LogP contribution in [0, 0.1) is 5.41 Å². The summed E-state index contributed by atoms with van der Waals surface area (Å²) in [5.41, 5.74) is 1.64. The second kappa shape index (κ2) is 5.63. The van der Waals surface area contributed by atoms with Crippen LogP contribution in [0.5, 0.6) is 0 Å². The Bertz CT molecular complexity index is 405. The van der Waals surface area contributed by atoms with Crippen molar-refractivity contribution >= 4 is 0 Å². The molecule has 1 aromatic rings. The van der Waals surface area contributed by atoms with E-state index >= 15 is 0 Å². The predicted molar refractivity (Wildman–Crippen MR) is 79.2 cm³/mol. The molecule has 2 atom stereocenters. The molecule has 19 heavy (non-hydrogen) atoms. The molecule has 1 saturated heterocycles. The summed E-state index contributed by atoms with van der Waals surface area (Å²) in [6, 6.07) is 3.32. The molecule has 1 aliphatic rings. The van der Waals surface area contributed by atoms with Gasteiger partial charge in [0.15, 0.2) is 0 Å². The van der Waals surface area contributed by atoms with Gasteiger partial charge in [-0.25, -0.2) is 0 Å². The van der Waals surface area contributed by atoms with E-state index in [2.05, 4.69) is 49.1 Å². The maximum atomic E-state index is 4.25. The van der Waals surface area contributed by atoms with E-state index in [-0.39, 0.29) is 0 Å². The summed E-state index contributed by atoms with van der Waals surface area (Å²) >= 11 is 0. The van der Waals surface area contributed by atoms with E-state index < -0.39 is 0 Å². The van der Waals surface area contributed by atoms with Crippen molar-refractivity contribution in [2.75, 3.05) is 19.6 Å². The zero-order chi connectivity index (χ0) is 14.0. The summed E-state index contributed by atoms with van der Waals surface area (Å²) < 4.78 is 1.98. The van der Waals surface area contributed by atoms with Gasteiger partial charge in [-0.15, -0.1) is 0 Å². The number of nitrogens with one attached hydrogen (secondary N) is 1. The van der Waals surface area contributed by atoms with E-state index in [9.17, 15) is 0 Å². The highest BCUT2D eigenvalue weighted by molar-refractivity contribution is 5.01. The quantitative estimate of drug-likeness (QED) is 0.901. The van der Waals surface area contributed by atoms with Crippen LogP contribution < -0.4 is 5.32 Å². The van der Waals surface area contributed by atoms with E-state index in [0.29, 0.717) is 17.5 Å². The molecule has 0 bridgehead atoms. The third-order valence-corrected chi connectivity index (χ3v) is 4.19. The van der Waals surface area contributed by atoms with Crippen LogP contribution in [0.25, 0.3) is 0 Å². The fourth-order valence-electron chi connectivity index (χ4n) is 2.99. The fraction of sp³-hybridized carbons (Fsp3) is 0.800. The monoisotopic (exact) mass is 264 g/mol. The molecule has 0 radical (unpaired) electrons. The van der Waals surface area contributed by atoms with E-state index in [4.69, 9.17) is 0 Å². The van der Waals surface area contributed by atoms with Gasteiger partial charge in [-0.3, -0.25) is 9.58 Å². The molecule has 4 nitrogen and oxygen atoms in total. The van der Waals surface area contributed by atoms with Gasteiger partial charge < -0.3 is 5.32 Å². The zero-order valence-corrected chi connectivity index (χ0v) is 13.0. The zero-order valence-electron chi connectivity index (χ0n) is 13.0. The Kier molecular flexibility index (Phi) is 4.31. The minimum Gasteiger partial charge on any atom is -0.311 e. The van der Waals surface area contributed by atoms with Crippen LogP contribution in [-0.2, 0) is 13.5 Å². The fourth-order valence-corrected chi connectivity index (χ4v) is 2.99. The lowest BCUT2D eigenvalue weighted by Gasteiger charge is -2.46. The van der Waals surface area contributed by atoms with Crippen molar-refractivity contribution in [3.05, 3.63) is 18.0 Å². The number of piperazine rings is 1. The molecule has 1 aromatic heterocycles. The molecule has 0 saturated carbocycles. The lowest BCUT2D eigenvalue weighted by atomic mass is 9.84. The summed E-state index contributed by atoms with van der Waals surface area (Å²) in [4.78, 5) is 2.65. The number of aryl methyl sites for hydroxylation is 1. The second-order valence-electron chi connectivity index (χ2n) is 6.88. The molecule has 1 N–H and O–H groups in total. The maximum absolute atomic E-state index is 4.25. The lowest BCUT2D eigenvalue weighted by Crippen LogP contribution is -2.60.